The second-order valence-electron chi connectivity index (χ2n) is 21.0. The van der Waals surface area contributed by atoms with Crippen LogP contribution in [-0.4, -0.2) is 104 Å². The summed E-state index contributed by atoms with van der Waals surface area (Å²) < 4.78 is 10.0. The maximum atomic E-state index is 11.9. The molecule has 23 heteroatoms. The van der Waals surface area contributed by atoms with E-state index in [0.29, 0.717) is 31.1 Å². The fourth-order valence-corrected chi connectivity index (χ4v) is 8.27. The maximum Gasteiger partial charge on any atom is 0.408 e. The molecule has 0 aromatic heterocycles. The molecule has 0 aliphatic rings. The van der Waals surface area contributed by atoms with Gasteiger partial charge in [-0.25, -0.2) is 9.59 Å². The zero-order valence-corrected chi connectivity index (χ0v) is 49.9. The summed E-state index contributed by atoms with van der Waals surface area (Å²) in [6.45, 7) is 6.68. The Balaban J connectivity index is 0.00000113. The highest BCUT2D eigenvalue weighted by Crippen LogP contribution is 2.22. The molecule has 6 atom stereocenters. The van der Waals surface area contributed by atoms with Crippen molar-refractivity contribution in [2.24, 2.45) is 52.5 Å². The number of carbonyl (C=O) groups excluding carboxylic acids is 8. The van der Waals surface area contributed by atoms with Gasteiger partial charge in [-0.05, 0) is 86.3 Å². The van der Waals surface area contributed by atoms with E-state index in [1.165, 1.54) is 12.0 Å². The average Bonchev–Trinajstić information content (AvgIpc) is 3.50. The number of rotatable bonds is 41. The standard InChI is InChI=1S/C19H27NO5.C16H29NO4.C15H19NO4.C13H16N2O5/c1-14(7-8-15-5-3-2-4-6-15)11-12-25-18(22)13-16(19(23)24)9-10-17(20)21;1-3-5-6-12(4-2)7-9-14(18)11-13(16(20)21)8-10-15(17)19;16-14(18)9-7-12(15(19)20)10-13(17)8-6-11-4-2-1-3-5-11;14-11(16)7-6-10(12(17)18)15-13(19)20-8-9-4-2-1-3-5-9/h2-6,14,16H,7-13H2,1H3,(H2,20,21)(H,23,24);12-13H,3-11H2,1-2H3,(H2,17,19)(H,20,21);1-5,12H,6-10H2,(H2,16,18)(H,19,20);1-5,10H,6-8H2,(H2,14,16)(H,15,19)(H,17,18)/t;12?,13-;12-;10-/m.110/s1. The molecule has 3 aromatic carbocycles. The highest BCUT2D eigenvalue weighted by molar-refractivity contribution is 5.86. The number of esters is 1. The van der Waals surface area contributed by atoms with Gasteiger partial charge in [0, 0.05) is 51.4 Å². The summed E-state index contributed by atoms with van der Waals surface area (Å²) in [6, 6.07) is 27.5. The van der Waals surface area contributed by atoms with Crippen molar-refractivity contribution < 1.29 is 87.4 Å². The Bertz CT molecular complexity index is 2440. The van der Waals surface area contributed by atoms with Crippen LogP contribution < -0.4 is 28.3 Å². The number of hydrogen-bond donors (Lipinski definition) is 9. The number of amides is 5. The van der Waals surface area contributed by atoms with Crippen molar-refractivity contribution in [3.8, 4) is 0 Å². The van der Waals surface area contributed by atoms with Gasteiger partial charge in [0.25, 0.3) is 0 Å². The van der Waals surface area contributed by atoms with Gasteiger partial charge < -0.3 is 58.2 Å². The third-order valence-corrected chi connectivity index (χ3v) is 13.7. The minimum atomic E-state index is -1.25. The number of aliphatic carboxylic acids is 4. The molecule has 0 fully saturated rings. The minimum Gasteiger partial charge on any atom is -0.481 e. The zero-order chi connectivity index (χ0) is 64.8. The lowest BCUT2D eigenvalue weighted by molar-refractivity contribution is -0.152. The van der Waals surface area contributed by atoms with E-state index < -0.39 is 83.4 Å². The molecule has 0 saturated heterocycles. The van der Waals surface area contributed by atoms with E-state index in [2.05, 4.69) is 38.2 Å². The number of Topliss-reactive ketones (excluding diaryl/α,β-unsaturated/α-hetero) is 2. The summed E-state index contributed by atoms with van der Waals surface area (Å²) in [5.74, 6) is -9.02. The van der Waals surface area contributed by atoms with Crippen LogP contribution in [0.2, 0.25) is 0 Å². The number of hydrogen-bond acceptors (Lipinski definition) is 14. The molecule has 86 heavy (non-hydrogen) atoms. The summed E-state index contributed by atoms with van der Waals surface area (Å²) in [6.07, 6.45) is 8.30. The van der Waals surface area contributed by atoms with E-state index in [1.807, 2.05) is 54.6 Å². The third kappa shape index (κ3) is 42.3. The number of alkyl carbamates (subject to hydrolysis) is 1. The van der Waals surface area contributed by atoms with Crippen molar-refractivity contribution in [3.63, 3.8) is 0 Å². The van der Waals surface area contributed by atoms with Gasteiger partial charge in [-0.2, -0.15) is 0 Å². The Morgan fingerprint density at radius 3 is 1.29 bits per heavy atom. The van der Waals surface area contributed by atoms with Crippen LogP contribution in [0.4, 0.5) is 4.79 Å². The second-order valence-corrected chi connectivity index (χ2v) is 21.0. The zero-order valence-electron chi connectivity index (χ0n) is 49.9. The summed E-state index contributed by atoms with van der Waals surface area (Å²) in [7, 11) is 0. The number of primary amides is 4. The Kier molecular flexibility index (Phi) is 42.2. The number of aryl methyl sites for hydroxylation is 2. The Hall–Kier alpha value is -8.50. The molecule has 0 saturated carbocycles. The molecule has 0 radical (unpaired) electrons. The van der Waals surface area contributed by atoms with Crippen molar-refractivity contribution in [1.82, 2.24) is 5.32 Å². The van der Waals surface area contributed by atoms with Gasteiger partial charge in [-0.15, -0.1) is 0 Å². The smallest absolute Gasteiger partial charge is 0.408 e. The molecular weight excluding hydrogens is 1110 g/mol. The quantitative estimate of drug-likeness (QED) is 0.0246. The Morgan fingerprint density at radius 1 is 0.453 bits per heavy atom. The molecule has 0 heterocycles. The van der Waals surface area contributed by atoms with E-state index in [4.69, 9.17) is 52.8 Å². The van der Waals surface area contributed by atoms with Crippen LogP contribution >= 0.6 is 0 Å². The third-order valence-electron chi connectivity index (χ3n) is 13.7. The molecule has 476 valence electrons. The molecule has 0 bridgehead atoms. The number of ketones is 2. The van der Waals surface area contributed by atoms with E-state index in [-0.39, 0.29) is 95.4 Å². The molecule has 23 nitrogen and oxygen atoms in total. The first-order valence-corrected chi connectivity index (χ1v) is 29.0. The molecule has 0 spiro atoms. The monoisotopic (exact) mass is 1210 g/mol. The lowest BCUT2D eigenvalue weighted by Gasteiger charge is -2.15. The van der Waals surface area contributed by atoms with Crippen molar-refractivity contribution >= 4 is 71.1 Å². The molecule has 0 aliphatic carbocycles. The van der Waals surface area contributed by atoms with Gasteiger partial charge in [0.2, 0.25) is 23.6 Å². The van der Waals surface area contributed by atoms with Gasteiger partial charge in [0.1, 0.15) is 24.2 Å². The summed E-state index contributed by atoms with van der Waals surface area (Å²) in [5, 5.41) is 38.2. The lowest BCUT2D eigenvalue weighted by Crippen LogP contribution is -2.41. The molecule has 3 rings (SSSR count). The van der Waals surface area contributed by atoms with Crippen LogP contribution in [0, 0.1) is 29.6 Å². The Morgan fingerprint density at radius 2 is 0.872 bits per heavy atom. The predicted molar refractivity (Wildman–Crippen MR) is 319 cm³/mol. The molecule has 3 aromatic rings. The highest BCUT2D eigenvalue weighted by Gasteiger charge is 2.25. The van der Waals surface area contributed by atoms with Crippen LogP contribution in [0.3, 0.4) is 0 Å². The first-order chi connectivity index (χ1) is 40.8. The minimum absolute atomic E-state index is 0.00677. The van der Waals surface area contributed by atoms with E-state index in [0.717, 1.165) is 56.1 Å². The summed E-state index contributed by atoms with van der Waals surface area (Å²) >= 11 is 0. The lowest BCUT2D eigenvalue weighted by atomic mass is 9.90. The SMILES string of the molecule is CC(CCOC(=O)CC(CCC(N)=O)C(=O)O)CCc1ccccc1.CCCCC(CC)CCC(=O)C[C@@H](CCC(N)=O)C(=O)O.NC(=O)CC[C@H](CC(=O)CCc1ccccc1)C(=O)O.NC(=O)CC[C@H](NC(=O)OCc1ccccc1)C(=O)O. The normalized spacial score (nSPS) is 12.5. The van der Waals surface area contributed by atoms with Crippen molar-refractivity contribution in [1.29, 1.82) is 0 Å². The van der Waals surface area contributed by atoms with Crippen LogP contribution in [0.25, 0.3) is 0 Å². The fourth-order valence-electron chi connectivity index (χ4n) is 8.27. The number of carboxylic acids is 4. The number of nitrogens with two attached hydrogens (primary N) is 4. The van der Waals surface area contributed by atoms with Crippen LogP contribution in [-0.2, 0) is 81.7 Å². The number of carboxylic acid groups (broad SMARTS) is 4. The van der Waals surface area contributed by atoms with Gasteiger partial charge in [-0.1, -0.05) is 137 Å². The Labute approximate surface area is 503 Å². The topological polar surface area (TPSA) is 420 Å². The van der Waals surface area contributed by atoms with Crippen molar-refractivity contribution in [3.05, 3.63) is 108 Å². The van der Waals surface area contributed by atoms with Crippen LogP contribution in [0.1, 0.15) is 166 Å². The predicted octanol–water partition coefficient (Wildman–Crippen LogP) is 7.63. The average molecular weight is 1210 g/mol. The van der Waals surface area contributed by atoms with Crippen molar-refractivity contribution in [2.75, 3.05) is 6.61 Å². The number of unbranched alkanes of at least 4 members (excludes halogenated alkanes) is 1. The molecular formula is C63H91N5O18. The number of ether oxygens (including phenoxy) is 2. The first kappa shape index (κ1) is 77.5. The van der Waals surface area contributed by atoms with E-state index in [1.54, 1.807) is 24.3 Å². The largest absolute Gasteiger partial charge is 0.481 e. The molecule has 5 amide bonds. The molecule has 3 unspecified atom stereocenters. The number of nitrogens with one attached hydrogen (secondary N) is 1. The van der Waals surface area contributed by atoms with Crippen LogP contribution in [0.5, 0.6) is 0 Å². The number of carbonyl (C=O) groups is 12. The molecule has 13 N–H and O–H groups in total. The van der Waals surface area contributed by atoms with Crippen molar-refractivity contribution in [2.45, 2.75) is 175 Å². The van der Waals surface area contributed by atoms with Crippen LogP contribution in [0.15, 0.2) is 91.0 Å². The first-order valence-electron chi connectivity index (χ1n) is 29.0. The van der Waals surface area contributed by atoms with Gasteiger partial charge in [0.15, 0.2) is 0 Å². The van der Waals surface area contributed by atoms with E-state index >= 15 is 0 Å². The van der Waals surface area contributed by atoms with Gasteiger partial charge in [-0.3, -0.25) is 47.9 Å². The van der Waals surface area contributed by atoms with Gasteiger partial charge >= 0.3 is 35.9 Å². The molecule has 0 aliphatic heterocycles. The fraction of sp³-hybridized carbons (Fsp3) is 0.524. The van der Waals surface area contributed by atoms with E-state index in [9.17, 15) is 57.5 Å². The number of benzene rings is 3. The summed E-state index contributed by atoms with van der Waals surface area (Å²) in [5.41, 5.74) is 23.1. The summed E-state index contributed by atoms with van der Waals surface area (Å²) in [4.78, 5) is 134. The second kappa shape index (κ2) is 46.8. The van der Waals surface area contributed by atoms with Gasteiger partial charge in [0.05, 0.1) is 30.8 Å². The maximum absolute atomic E-state index is 11.9. The highest BCUT2D eigenvalue weighted by atomic mass is 16.5.